The average Bonchev–Trinajstić information content (AvgIpc) is 2.73. The number of carbonyl (C=O) groups excluding carboxylic acids is 2. The molecule has 2 aliphatic rings. The van der Waals surface area contributed by atoms with Gasteiger partial charge in [-0.25, -0.2) is 0 Å². The Morgan fingerprint density at radius 3 is 2.37 bits per heavy atom. The van der Waals surface area contributed by atoms with E-state index in [1.54, 1.807) is 4.90 Å². The Morgan fingerprint density at radius 1 is 0.963 bits per heavy atom. The van der Waals surface area contributed by atoms with E-state index >= 15 is 0 Å². The van der Waals surface area contributed by atoms with Crippen molar-refractivity contribution in [3.63, 3.8) is 0 Å². The molecule has 6 nitrogen and oxygen atoms in total. The SMILES string of the molecule is CC(C(=O)N1CC(=O)Nc2ccccc21)N1CCN(c2ccccc2)CC1. The monoisotopic (exact) mass is 364 g/mol. The topological polar surface area (TPSA) is 55.9 Å². The van der Waals surface area contributed by atoms with Crippen molar-refractivity contribution in [1.29, 1.82) is 0 Å². The summed E-state index contributed by atoms with van der Waals surface area (Å²) in [5, 5.41) is 2.83. The Hall–Kier alpha value is -2.86. The number of carbonyl (C=O) groups is 2. The highest BCUT2D eigenvalue weighted by Crippen LogP contribution is 2.30. The molecule has 6 heteroatoms. The molecule has 2 amide bonds. The molecule has 2 aromatic carbocycles. The van der Waals surface area contributed by atoms with Crippen LogP contribution in [0.3, 0.4) is 0 Å². The summed E-state index contributed by atoms with van der Waals surface area (Å²) in [5.41, 5.74) is 2.69. The molecule has 27 heavy (non-hydrogen) atoms. The lowest BCUT2D eigenvalue weighted by atomic mass is 10.1. The molecule has 1 unspecified atom stereocenters. The summed E-state index contributed by atoms with van der Waals surface area (Å²) in [6, 6.07) is 17.6. The fraction of sp³-hybridized carbons (Fsp3) is 0.333. The van der Waals surface area contributed by atoms with Gasteiger partial charge in [-0.3, -0.25) is 19.4 Å². The minimum Gasteiger partial charge on any atom is -0.369 e. The molecule has 1 N–H and O–H groups in total. The molecule has 0 aliphatic carbocycles. The Balaban J connectivity index is 1.44. The molecular weight excluding hydrogens is 340 g/mol. The van der Waals surface area contributed by atoms with Gasteiger partial charge in [-0.15, -0.1) is 0 Å². The number of para-hydroxylation sites is 3. The molecule has 2 aliphatic heterocycles. The number of benzene rings is 2. The van der Waals surface area contributed by atoms with Crippen LogP contribution in [0.15, 0.2) is 54.6 Å². The average molecular weight is 364 g/mol. The van der Waals surface area contributed by atoms with Gasteiger partial charge in [-0.05, 0) is 31.2 Å². The van der Waals surface area contributed by atoms with E-state index in [0.29, 0.717) is 5.69 Å². The van der Waals surface area contributed by atoms with Gasteiger partial charge in [0.15, 0.2) is 0 Å². The van der Waals surface area contributed by atoms with Gasteiger partial charge in [0.25, 0.3) is 0 Å². The van der Waals surface area contributed by atoms with Crippen LogP contribution in [0.2, 0.25) is 0 Å². The fourth-order valence-electron chi connectivity index (χ4n) is 3.82. The van der Waals surface area contributed by atoms with Gasteiger partial charge in [0.2, 0.25) is 11.8 Å². The first-order valence-electron chi connectivity index (χ1n) is 9.38. The number of hydrogen-bond donors (Lipinski definition) is 1. The van der Waals surface area contributed by atoms with E-state index in [0.717, 1.165) is 31.9 Å². The predicted molar refractivity (Wildman–Crippen MR) is 107 cm³/mol. The normalized spacial score (nSPS) is 18.6. The number of piperazine rings is 1. The van der Waals surface area contributed by atoms with Gasteiger partial charge in [0.1, 0.15) is 6.54 Å². The number of nitrogens with zero attached hydrogens (tertiary/aromatic N) is 3. The van der Waals surface area contributed by atoms with Crippen LogP contribution in [0, 0.1) is 0 Å². The van der Waals surface area contributed by atoms with Crippen LogP contribution in [0.4, 0.5) is 17.1 Å². The lowest BCUT2D eigenvalue weighted by Gasteiger charge is -2.40. The Morgan fingerprint density at radius 2 is 1.63 bits per heavy atom. The summed E-state index contributed by atoms with van der Waals surface area (Å²) < 4.78 is 0. The van der Waals surface area contributed by atoms with Crippen LogP contribution < -0.4 is 15.1 Å². The van der Waals surface area contributed by atoms with Gasteiger partial charge < -0.3 is 10.2 Å². The number of nitrogens with one attached hydrogen (secondary N) is 1. The van der Waals surface area contributed by atoms with E-state index in [9.17, 15) is 9.59 Å². The van der Waals surface area contributed by atoms with Gasteiger partial charge in [0.05, 0.1) is 17.4 Å². The second-order valence-corrected chi connectivity index (χ2v) is 7.02. The van der Waals surface area contributed by atoms with Crippen LogP contribution in [0.5, 0.6) is 0 Å². The molecule has 140 valence electrons. The third kappa shape index (κ3) is 3.53. The number of hydrogen-bond acceptors (Lipinski definition) is 4. The molecule has 0 bridgehead atoms. The lowest BCUT2D eigenvalue weighted by molar-refractivity contribution is -0.125. The largest absolute Gasteiger partial charge is 0.369 e. The van der Waals surface area contributed by atoms with E-state index in [4.69, 9.17) is 0 Å². The number of fused-ring (bicyclic) bond motifs is 1. The zero-order chi connectivity index (χ0) is 18.8. The third-order valence-electron chi connectivity index (χ3n) is 5.38. The van der Waals surface area contributed by atoms with Crippen molar-refractivity contribution < 1.29 is 9.59 Å². The molecule has 1 fully saturated rings. The molecular formula is C21H24N4O2. The summed E-state index contributed by atoms with van der Waals surface area (Å²) in [7, 11) is 0. The van der Waals surface area contributed by atoms with E-state index in [1.165, 1.54) is 5.69 Å². The summed E-state index contributed by atoms with van der Waals surface area (Å²) in [4.78, 5) is 31.3. The van der Waals surface area contributed by atoms with Crippen molar-refractivity contribution in [1.82, 2.24) is 4.90 Å². The molecule has 2 aromatic rings. The van der Waals surface area contributed by atoms with Crippen LogP contribution in [0.25, 0.3) is 0 Å². The second kappa shape index (κ2) is 7.40. The Labute approximate surface area is 159 Å². The summed E-state index contributed by atoms with van der Waals surface area (Å²) >= 11 is 0. The van der Waals surface area contributed by atoms with Gasteiger partial charge in [0, 0.05) is 31.9 Å². The maximum Gasteiger partial charge on any atom is 0.244 e. The van der Waals surface area contributed by atoms with Crippen molar-refractivity contribution >= 4 is 28.9 Å². The van der Waals surface area contributed by atoms with Crippen LogP contribution in [-0.4, -0.2) is 55.5 Å². The highest BCUT2D eigenvalue weighted by atomic mass is 16.2. The first-order chi connectivity index (χ1) is 13.1. The van der Waals surface area contributed by atoms with E-state index in [-0.39, 0.29) is 24.4 Å². The summed E-state index contributed by atoms with van der Waals surface area (Å²) in [6.45, 7) is 5.43. The smallest absolute Gasteiger partial charge is 0.244 e. The summed E-state index contributed by atoms with van der Waals surface area (Å²) in [6.07, 6.45) is 0. The molecule has 0 aromatic heterocycles. The van der Waals surface area contributed by atoms with E-state index in [1.807, 2.05) is 49.4 Å². The van der Waals surface area contributed by atoms with E-state index < -0.39 is 0 Å². The van der Waals surface area contributed by atoms with Crippen LogP contribution >= 0.6 is 0 Å². The second-order valence-electron chi connectivity index (χ2n) is 7.02. The standard InChI is InChI=1S/C21H24N4O2/c1-16(23-11-13-24(14-12-23)17-7-3-2-4-8-17)21(27)25-15-20(26)22-18-9-5-6-10-19(18)25/h2-10,16H,11-15H2,1H3,(H,22,26). The first-order valence-corrected chi connectivity index (χ1v) is 9.38. The lowest BCUT2D eigenvalue weighted by Crippen LogP contribution is -2.56. The van der Waals surface area contributed by atoms with Crippen molar-refractivity contribution in [2.45, 2.75) is 13.0 Å². The Kier molecular flexibility index (Phi) is 4.81. The highest BCUT2D eigenvalue weighted by Gasteiger charge is 2.33. The van der Waals surface area contributed by atoms with Crippen molar-refractivity contribution in [2.75, 3.05) is 47.8 Å². The number of rotatable bonds is 3. The fourth-order valence-corrected chi connectivity index (χ4v) is 3.82. The van der Waals surface area contributed by atoms with Gasteiger partial charge >= 0.3 is 0 Å². The van der Waals surface area contributed by atoms with E-state index in [2.05, 4.69) is 27.2 Å². The van der Waals surface area contributed by atoms with Crippen molar-refractivity contribution in [3.05, 3.63) is 54.6 Å². The molecule has 2 heterocycles. The molecule has 0 saturated carbocycles. The third-order valence-corrected chi connectivity index (χ3v) is 5.38. The van der Waals surface area contributed by atoms with Crippen LogP contribution in [0.1, 0.15) is 6.92 Å². The maximum atomic E-state index is 13.1. The molecule has 0 radical (unpaired) electrons. The molecule has 0 spiro atoms. The van der Waals surface area contributed by atoms with Crippen molar-refractivity contribution in [3.8, 4) is 0 Å². The number of anilines is 3. The molecule has 1 atom stereocenters. The van der Waals surface area contributed by atoms with Gasteiger partial charge in [-0.1, -0.05) is 30.3 Å². The minimum atomic E-state index is -0.262. The first kappa shape index (κ1) is 17.5. The maximum absolute atomic E-state index is 13.1. The molecule has 1 saturated heterocycles. The van der Waals surface area contributed by atoms with Gasteiger partial charge in [-0.2, -0.15) is 0 Å². The zero-order valence-corrected chi connectivity index (χ0v) is 15.5. The highest BCUT2D eigenvalue weighted by molar-refractivity contribution is 6.11. The quantitative estimate of drug-likeness (QED) is 0.907. The zero-order valence-electron chi connectivity index (χ0n) is 15.5. The number of amides is 2. The summed E-state index contributed by atoms with van der Waals surface area (Å²) in [5.74, 6) is -0.173. The van der Waals surface area contributed by atoms with Crippen molar-refractivity contribution in [2.24, 2.45) is 0 Å². The van der Waals surface area contributed by atoms with Crippen LogP contribution in [-0.2, 0) is 9.59 Å². The molecule has 4 rings (SSSR count). The predicted octanol–water partition coefficient (Wildman–Crippen LogP) is 2.18. The Bertz CT molecular complexity index is 831. The minimum absolute atomic E-state index is 0.0227.